The van der Waals surface area contributed by atoms with Gasteiger partial charge in [-0.2, -0.15) is 0 Å². The Kier molecular flexibility index (Phi) is 9.55. The van der Waals surface area contributed by atoms with Crippen molar-refractivity contribution in [2.75, 3.05) is 46.9 Å². The molecule has 114 valence electrons. The van der Waals surface area contributed by atoms with E-state index in [1.54, 1.807) is 0 Å². The van der Waals surface area contributed by atoms with E-state index >= 15 is 0 Å². The number of likely N-dealkylation sites (N-methyl/N-ethyl adjacent to an activating group) is 1. The normalized spacial score (nSPS) is 13.3. The van der Waals surface area contributed by atoms with Crippen molar-refractivity contribution in [2.24, 2.45) is 16.5 Å². The summed E-state index contributed by atoms with van der Waals surface area (Å²) in [5.41, 5.74) is 10.5. The van der Waals surface area contributed by atoms with Gasteiger partial charge in [-0.15, -0.1) is 0 Å². The molecule has 0 spiro atoms. The van der Waals surface area contributed by atoms with Crippen molar-refractivity contribution in [3.8, 4) is 0 Å². The van der Waals surface area contributed by atoms with Crippen LogP contribution in [-0.2, 0) is 4.74 Å². The van der Waals surface area contributed by atoms with Crippen LogP contribution in [0.3, 0.4) is 0 Å². The molecule has 0 heterocycles. The molecule has 0 bridgehead atoms. The van der Waals surface area contributed by atoms with Crippen molar-refractivity contribution < 1.29 is 14.3 Å². The number of aliphatic imine (C=N–C) groups is 1. The zero-order valence-electron chi connectivity index (χ0n) is 12.6. The van der Waals surface area contributed by atoms with E-state index in [1.807, 2.05) is 0 Å². The number of hydrogen-bond acceptors (Lipinski definition) is 3. The quantitative estimate of drug-likeness (QED) is 0.212. The van der Waals surface area contributed by atoms with Gasteiger partial charge in [0.05, 0.1) is 27.2 Å². The molecule has 0 saturated heterocycles. The Morgan fingerprint density at radius 3 is 2.58 bits per heavy atom. The number of rotatable bonds is 11. The molecule has 0 rings (SSSR count). The van der Waals surface area contributed by atoms with Gasteiger partial charge in [0.1, 0.15) is 12.6 Å². The summed E-state index contributed by atoms with van der Waals surface area (Å²) in [5, 5.41) is 9.92. The maximum atomic E-state index is 9.92. The Morgan fingerprint density at radius 2 is 2.00 bits per heavy atom. The van der Waals surface area contributed by atoms with Crippen molar-refractivity contribution >= 4 is 5.96 Å². The van der Waals surface area contributed by atoms with Crippen LogP contribution in [0, 0.1) is 0 Å². The molecule has 0 aliphatic carbocycles. The lowest BCUT2D eigenvalue weighted by molar-refractivity contribution is -0.893. The van der Waals surface area contributed by atoms with E-state index in [9.17, 15) is 5.11 Å². The maximum absolute atomic E-state index is 9.92. The molecule has 0 fully saturated rings. The van der Waals surface area contributed by atoms with Gasteiger partial charge in [-0.05, 0) is 6.42 Å². The molecular formula is C13H31N4O2+. The van der Waals surface area contributed by atoms with Crippen LogP contribution < -0.4 is 11.5 Å². The second kappa shape index (κ2) is 10.00. The largest absolute Gasteiger partial charge is 0.385 e. The zero-order chi connectivity index (χ0) is 14.7. The summed E-state index contributed by atoms with van der Waals surface area (Å²) in [5.74, 6) is 0.134. The minimum Gasteiger partial charge on any atom is -0.385 e. The number of nitrogens with zero attached hydrogens (tertiary/aromatic N) is 2. The van der Waals surface area contributed by atoms with Gasteiger partial charge in [-0.25, -0.2) is 0 Å². The maximum Gasteiger partial charge on any atom is 0.185 e. The molecule has 0 radical (unpaired) electrons. The number of aliphatic hydroxyl groups excluding tert-OH is 1. The number of nitrogens with two attached hydrogens (primary N) is 2. The number of unbranched alkanes of at least 4 members (excludes halogenated alkanes) is 1. The van der Waals surface area contributed by atoms with Crippen molar-refractivity contribution in [2.45, 2.75) is 32.3 Å². The summed E-state index contributed by atoms with van der Waals surface area (Å²) in [6, 6.07) is 0. The van der Waals surface area contributed by atoms with Crippen LogP contribution in [0.4, 0.5) is 0 Å². The SMILES string of the molecule is CCCCOCC(O)C[N+](C)(C)CCCN=C(N)N. The second-order valence-electron chi connectivity index (χ2n) is 5.58. The van der Waals surface area contributed by atoms with Crippen LogP contribution in [0.15, 0.2) is 4.99 Å². The summed E-state index contributed by atoms with van der Waals surface area (Å²) in [6.07, 6.45) is 2.63. The lowest BCUT2D eigenvalue weighted by atomic mass is 10.2. The third-order valence-electron chi connectivity index (χ3n) is 2.87. The number of guanidine groups is 1. The molecule has 1 unspecified atom stereocenters. The van der Waals surface area contributed by atoms with Gasteiger partial charge < -0.3 is 25.8 Å². The Labute approximate surface area is 117 Å². The monoisotopic (exact) mass is 275 g/mol. The minimum atomic E-state index is -0.421. The van der Waals surface area contributed by atoms with Crippen molar-refractivity contribution in [3.05, 3.63) is 0 Å². The predicted octanol–water partition coefficient (Wildman–Crippen LogP) is -0.0961. The molecule has 5 N–H and O–H groups in total. The first-order chi connectivity index (χ1) is 8.87. The Balaban J connectivity index is 3.77. The first-order valence-electron chi connectivity index (χ1n) is 7.00. The molecule has 0 aromatic heterocycles. The fourth-order valence-electron chi connectivity index (χ4n) is 1.89. The second-order valence-corrected chi connectivity index (χ2v) is 5.58. The van der Waals surface area contributed by atoms with Crippen LogP contribution in [0.25, 0.3) is 0 Å². The molecule has 0 aromatic carbocycles. The lowest BCUT2D eigenvalue weighted by Gasteiger charge is -2.31. The highest BCUT2D eigenvalue weighted by Gasteiger charge is 2.20. The highest BCUT2D eigenvalue weighted by atomic mass is 16.5. The van der Waals surface area contributed by atoms with Gasteiger partial charge in [-0.3, -0.25) is 4.99 Å². The smallest absolute Gasteiger partial charge is 0.185 e. The van der Waals surface area contributed by atoms with E-state index in [-0.39, 0.29) is 5.96 Å². The fraction of sp³-hybridized carbons (Fsp3) is 0.923. The average Bonchev–Trinajstić information content (AvgIpc) is 2.29. The number of hydrogen-bond donors (Lipinski definition) is 3. The van der Waals surface area contributed by atoms with Gasteiger partial charge in [0.2, 0.25) is 0 Å². The van der Waals surface area contributed by atoms with Crippen LogP contribution in [0.2, 0.25) is 0 Å². The van der Waals surface area contributed by atoms with E-state index in [4.69, 9.17) is 16.2 Å². The van der Waals surface area contributed by atoms with E-state index < -0.39 is 6.10 Å². The molecule has 19 heavy (non-hydrogen) atoms. The van der Waals surface area contributed by atoms with E-state index in [0.29, 0.717) is 19.7 Å². The third kappa shape index (κ3) is 11.9. The Morgan fingerprint density at radius 1 is 1.32 bits per heavy atom. The molecule has 0 amide bonds. The first kappa shape index (κ1) is 18.1. The molecular weight excluding hydrogens is 244 g/mol. The third-order valence-corrected chi connectivity index (χ3v) is 2.87. The van der Waals surface area contributed by atoms with Crippen molar-refractivity contribution in [1.29, 1.82) is 0 Å². The van der Waals surface area contributed by atoms with E-state index in [0.717, 1.165) is 36.9 Å². The number of ether oxygens (including phenoxy) is 1. The van der Waals surface area contributed by atoms with E-state index in [1.165, 1.54) is 0 Å². The lowest BCUT2D eigenvalue weighted by Crippen LogP contribution is -2.47. The summed E-state index contributed by atoms with van der Waals surface area (Å²) < 4.78 is 6.16. The zero-order valence-corrected chi connectivity index (χ0v) is 12.6. The van der Waals surface area contributed by atoms with Gasteiger partial charge >= 0.3 is 0 Å². The fourth-order valence-corrected chi connectivity index (χ4v) is 1.89. The summed E-state index contributed by atoms with van der Waals surface area (Å²) in [7, 11) is 4.18. The van der Waals surface area contributed by atoms with Gasteiger partial charge in [0, 0.05) is 19.6 Å². The summed E-state index contributed by atoms with van der Waals surface area (Å²) in [4.78, 5) is 3.95. The Bertz CT molecular complexity index is 253. The molecule has 0 aromatic rings. The molecule has 0 saturated carbocycles. The van der Waals surface area contributed by atoms with Crippen molar-refractivity contribution in [3.63, 3.8) is 0 Å². The van der Waals surface area contributed by atoms with Crippen molar-refractivity contribution in [1.82, 2.24) is 0 Å². The average molecular weight is 275 g/mol. The highest BCUT2D eigenvalue weighted by molar-refractivity contribution is 5.75. The van der Waals surface area contributed by atoms with Gasteiger partial charge in [0.25, 0.3) is 0 Å². The molecule has 1 atom stereocenters. The van der Waals surface area contributed by atoms with E-state index in [2.05, 4.69) is 26.0 Å². The minimum absolute atomic E-state index is 0.134. The van der Waals surface area contributed by atoms with Gasteiger partial charge in [0.15, 0.2) is 5.96 Å². The van der Waals surface area contributed by atoms with Gasteiger partial charge in [-0.1, -0.05) is 13.3 Å². The molecule has 6 heteroatoms. The summed E-state index contributed by atoms with van der Waals surface area (Å²) in [6.45, 7) is 5.49. The molecule has 0 aliphatic heterocycles. The number of quaternary nitrogens is 1. The standard InChI is InChI=1S/C13H31N4O2/c1-4-5-9-19-11-12(18)10-17(2,3)8-6-7-16-13(14)15/h12,18H,4-11H2,1-3H3,(H4,14,15,16)/q+1. The van der Waals surface area contributed by atoms with Crippen LogP contribution in [0.1, 0.15) is 26.2 Å². The molecule has 0 aliphatic rings. The molecule has 6 nitrogen and oxygen atoms in total. The Hall–Kier alpha value is -0.850. The van der Waals surface area contributed by atoms with Crippen LogP contribution in [0.5, 0.6) is 0 Å². The predicted molar refractivity (Wildman–Crippen MR) is 78.9 cm³/mol. The van der Waals surface area contributed by atoms with Crippen LogP contribution >= 0.6 is 0 Å². The van der Waals surface area contributed by atoms with Crippen LogP contribution in [-0.4, -0.2) is 68.6 Å². The summed E-state index contributed by atoms with van der Waals surface area (Å²) >= 11 is 0. The first-order valence-corrected chi connectivity index (χ1v) is 7.00. The number of aliphatic hydroxyl groups is 1. The highest BCUT2D eigenvalue weighted by Crippen LogP contribution is 2.03. The topological polar surface area (TPSA) is 93.9 Å².